The summed E-state index contributed by atoms with van der Waals surface area (Å²) in [5.41, 5.74) is 5.56. The van der Waals surface area contributed by atoms with Gasteiger partial charge in [0.1, 0.15) is 0 Å². The quantitative estimate of drug-likeness (QED) is 0.816. The molecule has 0 aromatic rings. The zero-order chi connectivity index (χ0) is 16.2. The second-order valence-electron chi connectivity index (χ2n) is 7.87. The summed E-state index contributed by atoms with van der Waals surface area (Å²) in [6.07, 6.45) is 3.83. The monoisotopic (exact) mass is 348 g/mol. The zero-order valence-corrected chi connectivity index (χ0v) is 15.5. The molecule has 23 heavy (non-hydrogen) atoms. The van der Waals surface area contributed by atoms with Crippen LogP contribution in [0.15, 0.2) is 0 Å². The van der Waals surface area contributed by atoms with Crippen LogP contribution in [0.25, 0.3) is 0 Å². The molecule has 136 valence electrons. The molecule has 1 amide bonds. The molecule has 0 saturated carbocycles. The number of hydrogen-bond donors (Lipinski definition) is 2. The van der Waals surface area contributed by atoms with E-state index in [4.69, 9.17) is 15.2 Å². The SMILES string of the molecule is CC(C)(C)C1OCCCC1CNC(=O)C1(CN)CCOCC1.Cl. The first-order valence-corrected chi connectivity index (χ1v) is 8.57. The minimum atomic E-state index is -0.439. The van der Waals surface area contributed by atoms with Crippen LogP contribution in [0.5, 0.6) is 0 Å². The predicted molar refractivity (Wildman–Crippen MR) is 93.7 cm³/mol. The van der Waals surface area contributed by atoms with Crippen molar-refractivity contribution < 1.29 is 14.3 Å². The van der Waals surface area contributed by atoms with Crippen LogP contribution in [-0.2, 0) is 14.3 Å². The molecule has 2 aliphatic heterocycles. The van der Waals surface area contributed by atoms with Crippen molar-refractivity contribution in [3.63, 3.8) is 0 Å². The van der Waals surface area contributed by atoms with Gasteiger partial charge in [0.2, 0.25) is 5.91 Å². The second-order valence-corrected chi connectivity index (χ2v) is 7.87. The third-order valence-electron chi connectivity index (χ3n) is 5.15. The number of hydrogen-bond acceptors (Lipinski definition) is 4. The fourth-order valence-electron chi connectivity index (χ4n) is 3.71. The Morgan fingerprint density at radius 2 is 1.91 bits per heavy atom. The van der Waals surface area contributed by atoms with Crippen molar-refractivity contribution in [2.45, 2.75) is 52.6 Å². The lowest BCUT2D eigenvalue weighted by Crippen LogP contribution is -2.52. The maximum Gasteiger partial charge on any atom is 0.227 e. The smallest absolute Gasteiger partial charge is 0.227 e. The van der Waals surface area contributed by atoms with Gasteiger partial charge < -0.3 is 20.5 Å². The van der Waals surface area contributed by atoms with Gasteiger partial charge in [0.15, 0.2) is 0 Å². The highest BCUT2D eigenvalue weighted by molar-refractivity contribution is 5.85. The molecule has 2 fully saturated rings. The van der Waals surface area contributed by atoms with Gasteiger partial charge in [0.25, 0.3) is 0 Å². The lowest BCUT2D eigenvalue weighted by atomic mass is 9.77. The minimum Gasteiger partial charge on any atom is -0.381 e. The Labute approximate surface area is 146 Å². The Hall–Kier alpha value is -0.360. The van der Waals surface area contributed by atoms with Crippen molar-refractivity contribution in [2.24, 2.45) is 22.5 Å². The van der Waals surface area contributed by atoms with E-state index in [2.05, 4.69) is 26.1 Å². The first-order chi connectivity index (χ1) is 10.4. The molecule has 2 heterocycles. The Morgan fingerprint density at radius 1 is 1.26 bits per heavy atom. The third kappa shape index (κ3) is 5.05. The Kier molecular flexibility index (Phi) is 7.78. The highest BCUT2D eigenvalue weighted by Gasteiger charge is 2.40. The maximum absolute atomic E-state index is 12.7. The molecule has 0 aromatic carbocycles. The van der Waals surface area contributed by atoms with Crippen LogP contribution >= 0.6 is 12.4 Å². The summed E-state index contributed by atoms with van der Waals surface area (Å²) >= 11 is 0. The molecule has 0 radical (unpaired) electrons. The van der Waals surface area contributed by atoms with Crippen molar-refractivity contribution in [2.75, 3.05) is 32.9 Å². The van der Waals surface area contributed by atoms with E-state index in [1.807, 2.05) is 0 Å². The fourth-order valence-corrected chi connectivity index (χ4v) is 3.71. The van der Waals surface area contributed by atoms with Crippen molar-refractivity contribution in [1.82, 2.24) is 5.32 Å². The van der Waals surface area contributed by atoms with Crippen LogP contribution in [0.1, 0.15) is 46.5 Å². The number of rotatable bonds is 4. The summed E-state index contributed by atoms with van der Waals surface area (Å²) in [7, 11) is 0. The number of halogens is 1. The van der Waals surface area contributed by atoms with Crippen molar-refractivity contribution in [3.8, 4) is 0 Å². The molecule has 2 aliphatic rings. The number of nitrogens with two attached hydrogens (primary N) is 1. The van der Waals surface area contributed by atoms with Crippen molar-refractivity contribution in [3.05, 3.63) is 0 Å². The predicted octanol–water partition coefficient (Wildman–Crippen LogP) is 2.12. The van der Waals surface area contributed by atoms with Gasteiger partial charge in [-0.2, -0.15) is 0 Å². The first kappa shape index (κ1) is 20.7. The zero-order valence-electron chi connectivity index (χ0n) is 14.7. The van der Waals surface area contributed by atoms with E-state index in [0.717, 1.165) is 32.3 Å². The van der Waals surface area contributed by atoms with E-state index >= 15 is 0 Å². The lowest BCUT2D eigenvalue weighted by molar-refractivity contribution is -0.137. The van der Waals surface area contributed by atoms with E-state index in [-0.39, 0.29) is 29.8 Å². The molecule has 2 unspecified atom stereocenters. The lowest BCUT2D eigenvalue weighted by Gasteiger charge is -2.41. The molecule has 6 heteroatoms. The Morgan fingerprint density at radius 3 is 2.48 bits per heavy atom. The van der Waals surface area contributed by atoms with Crippen LogP contribution < -0.4 is 11.1 Å². The number of carbonyl (C=O) groups is 1. The highest BCUT2D eigenvalue weighted by Crippen LogP contribution is 2.34. The molecular weight excluding hydrogens is 316 g/mol. The fraction of sp³-hybridized carbons (Fsp3) is 0.941. The maximum atomic E-state index is 12.7. The molecule has 2 rings (SSSR count). The first-order valence-electron chi connectivity index (χ1n) is 8.57. The van der Waals surface area contributed by atoms with Gasteiger partial charge in [-0.05, 0) is 31.1 Å². The summed E-state index contributed by atoms with van der Waals surface area (Å²) in [6, 6.07) is 0. The van der Waals surface area contributed by atoms with Gasteiger partial charge in [-0.15, -0.1) is 12.4 Å². The largest absolute Gasteiger partial charge is 0.381 e. The number of ether oxygens (including phenoxy) is 2. The van der Waals surface area contributed by atoms with Crippen LogP contribution in [-0.4, -0.2) is 44.9 Å². The van der Waals surface area contributed by atoms with Crippen LogP contribution in [0.4, 0.5) is 0 Å². The van der Waals surface area contributed by atoms with E-state index in [1.54, 1.807) is 0 Å². The van der Waals surface area contributed by atoms with Gasteiger partial charge in [-0.3, -0.25) is 4.79 Å². The molecular formula is C17H33ClN2O3. The molecule has 2 saturated heterocycles. The molecule has 0 spiro atoms. The summed E-state index contributed by atoms with van der Waals surface area (Å²) in [6.45, 7) is 9.78. The van der Waals surface area contributed by atoms with E-state index in [1.165, 1.54) is 0 Å². The van der Waals surface area contributed by atoms with Gasteiger partial charge in [-0.1, -0.05) is 20.8 Å². The summed E-state index contributed by atoms with van der Waals surface area (Å²) in [5.74, 6) is 0.476. The number of amides is 1. The van der Waals surface area contributed by atoms with Crippen LogP contribution in [0.3, 0.4) is 0 Å². The topological polar surface area (TPSA) is 73.6 Å². The van der Waals surface area contributed by atoms with E-state index in [9.17, 15) is 4.79 Å². The minimum absolute atomic E-state index is 0. The molecule has 0 bridgehead atoms. The summed E-state index contributed by atoms with van der Waals surface area (Å²) in [4.78, 5) is 12.7. The van der Waals surface area contributed by atoms with Gasteiger partial charge in [0.05, 0.1) is 11.5 Å². The van der Waals surface area contributed by atoms with Gasteiger partial charge >= 0.3 is 0 Å². The van der Waals surface area contributed by atoms with Crippen molar-refractivity contribution in [1.29, 1.82) is 0 Å². The van der Waals surface area contributed by atoms with Crippen LogP contribution in [0, 0.1) is 16.7 Å². The standard InChI is InChI=1S/C17H32N2O3.ClH/c1-16(2,3)14-13(5-4-8-22-14)11-19-15(20)17(12-18)6-9-21-10-7-17;/h13-14H,4-12,18H2,1-3H3,(H,19,20);1H. The van der Waals surface area contributed by atoms with Gasteiger partial charge in [0, 0.05) is 38.8 Å². The molecule has 2 atom stereocenters. The Balaban J connectivity index is 0.00000264. The average molecular weight is 349 g/mol. The second kappa shape index (κ2) is 8.65. The van der Waals surface area contributed by atoms with Crippen molar-refractivity contribution >= 4 is 18.3 Å². The third-order valence-corrected chi connectivity index (χ3v) is 5.15. The molecule has 3 N–H and O–H groups in total. The average Bonchev–Trinajstić information content (AvgIpc) is 2.52. The molecule has 0 aromatic heterocycles. The van der Waals surface area contributed by atoms with E-state index in [0.29, 0.717) is 32.2 Å². The normalized spacial score (nSPS) is 27.8. The molecule has 5 nitrogen and oxygen atoms in total. The summed E-state index contributed by atoms with van der Waals surface area (Å²) < 4.78 is 11.4. The Bertz CT molecular complexity index is 379. The van der Waals surface area contributed by atoms with E-state index < -0.39 is 5.41 Å². The molecule has 0 aliphatic carbocycles. The highest BCUT2D eigenvalue weighted by atomic mass is 35.5. The number of carbonyl (C=O) groups excluding carboxylic acids is 1. The van der Waals surface area contributed by atoms with Gasteiger partial charge in [-0.25, -0.2) is 0 Å². The summed E-state index contributed by atoms with van der Waals surface area (Å²) in [5, 5.41) is 3.16. The van der Waals surface area contributed by atoms with Crippen LogP contribution in [0.2, 0.25) is 0 Å². The number of nitrogens with one attached hydrogen (secondary N) is 1.